The van der Waals surface area contributed by atoms with Gasteiger partial charge in [-0.15, -0.1) is 0 Å². The number of hydrogen-bond donors (Lipinski definition) is 1. The lowest BCUT2D eigenvalue weighted by Crippen LogP contribution is -2.31. The smallest absolute Gasteiger partial charge is 0.0308 e. The summed E-state index contributed by atoms with van der Waals surface area (Å²) in [5.74, 6) is 1.77. The van der Waals surface area contributed by atoms with E-state index in [9.17, 15) is 0 Å². The van der Waals surface area contributed by atoms with E-state index < -0.39 is 0 Å². The van der Waals surface area contributed by atoms with Gasteiger partial charge in [-0.1, -0.05) is 12.5 Å². The fourth-order valence-corrected chi connectivity index (χ4v) is 3.28. The molecule has 2 saturated carbocycles. The summed E-state index contributed by atoms with van der Waals surface area (Å²) in [7, 11) is 0. The van der Waals surface area contributed by atoms with E-state index in [2.05, 4.69) is 13.8 Å². The van der Waals surface area contributed by atoms with Crippen LogP contribution in [0.4, 0.5) is 0 Å². The molecular weight excluding hydrogens is 110 g/mol. The van der Waals surface area contributed by atoms with Gasteiger partial charge < -0.3 is 5.73 Å². The van der Waals surface area contributed by atoms with Crippen LogP contribution in [0.3, 0.4) is 0 Å². The zero-order valence-corrected chi connectivity index (χ0v) is 5.81. The highest BCUT2D eigenvalue weighted by Gasteiger charge is 2.85. The molecule has 1 nitrogen and oxygen atoms in total. The molecule has 4 atom stereocenters. The molecule has 0 heterocycles. The molecule has 0 saturated heterocycles. The van der Waals surface area contributed by atoms with Crippen molar-refractivity contribution < 1.29 is 0 Å². The molecule has 0 aromatic carbocycles. The topological polar surface area (TPSA) is 26.0 Å². The Morgan fingerprint density at radius 3 is 2.33 bits per heavy atom. The highest BCUT2D eigenvalue weighted by molar-refractivity contribution is 5.69. The standard InChI is InChI=1S/C8H11N/c1-3-5-7(9)6-4(2)8(3,5)6/h3,5,7H,9H2,1-2H3/t3-,5?,7?,8?/m1/s1. The summed E-state index contributed by atoms with van der Waals surface area (Å²) >= 11 is 0. The number of hydrogen-bond acceptors (Lipinski definition) is 1. The Morgan fingerprint density at radius 1 is 1.56 bits per heavy atom. The van der Waals surface area contributed by atoms with Crippen LogP contribution in [0.5, 0.6) is 0 Å². The van der Waals surface area contributed by atoms with Gasteiger partial charge in [0.1, 0.15) is 0 Å². The maximum absolute atomic E-state index is 5.87. The second kappa shape index (κ2) is 0.807. The van der Waals surface area contributed by atoms with E-state index in [4.69, 9.17) is 5.73 Å². The second-order valence-electron chi connectivity index (χ2n) is 3.75. The molecule has 3 aliphatic rings. The van der Waals surface area contributed by atoms with Gasteiger partial charge in [-0.2, -0.15) is 0 Å². The van der Waals surface area contributed by atoms with Gasteiger partial charge in [0.05, 0.1) is 0 Å². The van der Waals surface area contributed by atoms with Gasteiger partial charge in [0.15, 0.2) is 0 Å². The fourth-order valence-electron chi connectivity index (χ4n) is 3.28. The van der Waals surface area contributed by atoms with E-state index in [-0.39, 0.29) is 0 Å². The van der Waals surface area contributed by atoms with Crippen molar-refractivity contribution in [1.82, 2.24) is 0 Å². The third-order valence-electron chi connectivity index (χ3n) is 3.80. The Labute approximate surface area is 54.9 Å². The predicted molar refractivity (Wildman–Crippen MR) is 35.8 cm³/mol. The minimum Gasteiger partial charge on any atom is -0.324 e. The molecule has 2 N–H and O–H groups in total. The molecule has 0 radical (unpaired) electrons. The van der Waals surface area contributed by atoms with Gasteiger partial charge in [-0.25, -0.2) is 0 Å². The largest absolute Gasteiger partial charge is 0.324 e. The lowest BCUT2D eigenvalue weighted by molar-refractivity contribution is 0.520. The molecule has 48 valence electrons. The zero-order valence-electron chi connectivity index (χ0n) is 5.81. The molecular formula is C8H11N. The molecule has 3 unspecified atom stereocenters. The van der Waals surface area contributed by atoms with Gasteiger partial charge >= 0.3 is 0 Å². The SMILES string of the molecule is CC1=C2C(N)C3[C@@H](C)C123. The van der Waals surface area contributed by atoms with Gasteiger partial charge in [0, 0.05) is 11.5 Å². The van der Waals surface area contributed by atoms with Crippen LogP contribution in [-0.2, 0) is 0 Å². The van der Waals surface area contributed by atoms with Gasteiger partial charge in [-0.05, 0) is 24.3 Å². The Morgan fingerprint density at radius 2 is 2.22 bits per heavy atom. The van der Waals surface area contributed by atoms with Gasteiger partial charge in [0.2, 0.25) is 0 Å². The monoisotopic (exact) mass is 121 g/mol. The minimum absolute atomic E-state index is 0.472. The summed E-state index contributed by atoms with van der Waals surface area (Å²) in [5.41, 5.74) is 9.76. The Kier molecular flexibility index (Phi) is 0.404. The number of nitrogens with two attached hydrogens (primary N) is 1. The molecule has 3 aliphatic carbocycles. The molecule has 0 bridgehead atoms. The van der Waals surface area contributed by atoms with Crippen LogP contribution in [0.15, 0.2) is 11.1 Å². The highest BCUT2D eigenvalue weighted by Crippen LogP contribution is 2.88. The van der Waals surface area contributed by atoms with Crippen molar-refractivity contribution in [3.05, 3.63) is 11.1 Å². The van der Waals surface area contributed by atoms with Crippen molar-refractivity contribution >= 4 is 0 Å². The van der Waals surface area contributed by atoms with E-state index in [0.717, 1.165) is 11.8 Å². The molecule has 2 fully saturated rings. The summed E-state index contributed by atoms with van der Waals surface area (Å²) in [6.07, 6.45) is 0. The first-order chi connectivity index (χ1) is 4.22. The van der Waals surface area contributed by atoms with Crippen LogP contribution in [0, 0.1) is 17.3 Å². The maximum Gasteiger partial charge on any atom is 0.0308 e. The predicted octanol–water partition coefficient (Wildman–Crippen LogP) is 0.910. The van der Waals surface area contributed by atoms with Gasteiger partial charge in [0.25, 0.3) is 0 Å². The summed E-state index contributed by atoms with van der Waals surface area (Å²) in [6, 6.07) is 0.472. The van der Waals surface area contributed by atoms with E-state index in [1.165, 1.54) is 0 Å². The van der Waals surface area contributed by atoms with E-state index in [1.54, 1.807) is 11.1 Å². The van der Waals surface area contributed by atoms with Crippen molar-refractivity contribution in [3.8, 4) is 0 Å². The summed E-state index contributed by atoms with van der Waals surface area (Å²) < 4.78 is 0. The minimum atomic E-state index is 0.472. The Hall–Kier alpha value is -0.300. The van der Waals surface area contributed by atoms with Crippen LogP contribution >= 0.6 is 0 Å². The van der Waals surface area contributed by atoms with E-state index >= 15 is 0 Å². The summed E-state index contributed by atoms with van der Waals surface area (Å²) in [5, 5.41) is 0. The molecule has 1 spiro atoms. The van der Waals surface area contributed by atoms with Crippen molar-refractivity contribution in [1.29, 1.82) is 0 Å². The van der Waals surface area contributed by atoms with Crippen molar-refractivity contribution in [3.63, 3.8) is 0 Å². The second-order valence-corrected chi connectivity index (χ2v) is 3.75. The summed E-state index contributed by atoms with van der Waals surface area (Å²) in [6.45, 7) is 4.58. The van der Waals surface area contributed by atoms with E-state index in [0.29, 0.717) is 11.5 Å². The number of rotatable bonds is 0. The first-order valence-corrected chi connectivity index (χ1v) is 3.69. The Bertz CT molecular complexity index is 241. The lowest BCUT2D eigenvalue weighted by atomic mass is 9.93. The van der Waals surface area contributed by atoms with Crippen LogP contribution in [0.25, 0.3) is 0 Å². The quantitative estimate of drug-likeness (QED) is 0.474. The average Bonchev–Trinajstić information content (AvgIpc) is 2.47. The third kappa shape index (κ3) is 0.196. The lowest BCUT2D eigenvalue weighted by Gasteiger charge is -2.17. The molecule has 1 heteroatoms. The molecule has 9 heavy (non-hydrogen) atoms. The van der Waals surface area contributed by atoms with Crippen molar-refractivity contribution in [2.75, 3.05) is 0 Å². The van der Waals surface area contributed by atoms with Crippen LogP contribution in [-0.4, -0.2) is 6.04 Å². The molecule has 0 aromatic heterocycles. The van der Waals surface area contributed by atoms with Gasteiger partial charge in [-0.3, -0.25) is 0 Å². The first-order valence-electron chi connectivity index (χ1n) is 3.69. The first kappa shape index (κ1) is 4.51. The fraction of sp³-hybridized carbons (Fsp3) is 0.750. The van der Waals surface area contributed by atoms with Crippen LogP contribution < -0.4 is 5.73 Å². The van der Waals surface area contributed by atoms with Crippen LogP contribution in [0.2, 0.25) is 0 Å². The molecule has 0 aliphatic heterocycles. The summed E-state index contributed by atoms with van der Waals surface area (Å²) in [4.78, 5) is 0. The molecule has 0 aromatic rings. The highest BCUT2D eigenvalue weighted by atomic mass is 15.0. The molecule has 3 rings (SSSR count). The Balaban J connectivity index is 2.09. The maximum atomic E-state index is 5.87. The molecule has 0 amide bonds. The zero-order chi connectivity index (χ0) is 6.39. The van der Waals surface area contributed by atoms with E-state index in [1.807, 2.05) is 0 Å². The third-order valence-corrected chi connectivity index (χ3v) is 3.80. The number of allylic oxidation sites excluding steroid dienone is 1. The average molecular weight is 121 g/mol. The normalized spacial score (nSPS) is 66.3. The van der Waals surface area contributed by atoms with Crippen LogP contribution in [0.1, 0.15) is 13.8 Å². The van der Waals surface area contributed by atoms with Crippen molar-refractivity contribution in [2.24, 2.45) is 23.0 Å². The van der Waals surface area contributed by atoms with Crippen molar-refractivity contribution in [2.45, 2.75) is 19.9 Å².